The molecule has 0 unspecified atom stereocenters. The summed E-state index contributed by atoms with van der Waals surface area (Å²) < 4.78 is 0. The van der Waals surface area contributed by atoms with E-state index < -0.39 is 12.2 Å². The smallest absolute Gasteiger partial charge is 0.0615 e. The summed E-state index contributed by atoms with van der Waals surface area (Å²) >= 11 is 0. The van der Waals surface area contributed by atoms with Gasteiger partial charge in [0.2, 0.25) is 0 Å². The van der Waals surface area contributed by atoms with Gasteiger partial charge in [-0.05, 0) is 25.2 Å². The highest BCUT2D eigenvalue weighted by Gasteiger charge is 2.25. The number of rotatable bonds is 8. The van der Waals surface area contributed by atoms with Crippen LogP contribution in [0.3, 0.4) is 0 Å². The molecule has 0 heterocycles. The minimum absolute atomic E-state index is 0.0846. The van der Waals surface area contributed by atoms with Crippen molar-refractivity contribution in [2.75, 3.05) is 6.61 Å². The number of hydrogen-bond acceptors (Lipinski definition) is 3. The summed E-state index contributed by atoms with van der Waals surface area (Å²) in [6.45, 7) is 6.11. The Balaban J connectivity index is 3.90. The highest BCUT2D eigenvalue weighted by Crippen LogP contribution is 2.21. The standard InChI is InChI=1S/C12H26O3/c1-4-9(2)12(15)10(3)11(14)7-5-6-8-13/h9-15H,4-8H2,1-3H3/t9-,10-,11-,12+/m1/s1. The lowest BCUT2D eigenvalue weighted by molar-refractivity contribution is -0.0111. The first-order chi connectivity index (χ1) is 7.04. The van der Waals surface area contributed by atoms with Crippen molar-refractivity contribution in [1.82, 2.24) is 0 Å². The molecule has 0 aromatic rings. The maximum atomic E-state index is 9.90. The summed E-state index contributed by atoms with van der Waals surface area (Å²) in [5.41, 5.74) is 0. The molecule has 0 amide bonds. The fourth-order valence-electron chi connectivity index (χ4n) is 1.72. The molecule has 0 radical (unpaired) electrons. The Morgan fingerprint density at radius 1 is 1.07 bits per heavy atom. The zero-order valence-corrected chi connectivity index (χ0v) is 10.2. The Labute approximate surface area is 93.1 Å². The van der Waals surface area contributed by atoms with Gasteiger partial charge in [0.05, 0.1) is 12.2 Å². The third-order valence-corrected chi connectivity index (χ3v) is 3.28. The Kier molecular flexibility index (Phi) is 8.02. The maximum absolute atomic E-state index is 9.90. The molecule has 4 atom stereocenters. The van der Waals surface area contributed by atoms with E-state index in [0.29, 0.717) is 6.42 Å². The molecule has 0 aromatic carbocycles. The molecule has 0 saturated carbocycles. The molecule has 0 aliphatic carbocycles. The van der Waals surface area contributed by atoms with Gasteiger partial charge in [-0.2, -0.15) is 0 Å². The van der Waals surface area contributed by atoms with E-state index in [0.717, 1.165) is 19.3 Å². The summed E-state index contributed by atoms with van der Waals surface area (Å²) in [5.74, 6) is 0.145. The molecule has 0 fully saturated rings. The molecule has 0 aliphatic rings. The fourth-order valence-corrected chi connectivity index (χ4v) is 1.72. The first-order valence-electron chi connectivity index (χ1n) is 6.01. The zero-order chi connectivity index (χ0) is 11.8. The normalized spacial score (nSPS) is 19.6. The summed E-state index contributed by atoms with van der Waals surface area (Å²) in [6, 6.07) is 0. The lowest BCUT2D eigenvalue weighted by Gasteiger charge is -2.28. The van der Waals surface area contributed by atoms with Gasteiger partial charge in [0, 0.05) is 12.5 Å². The third-order valence-electron chi connectivity index (χ3n) is 3.28. The van der Waals surface area contributed by atoms with E-state index in [1.165, 1.54) is 0 Å². The van der Waals surface area contributed by atoms with Gasteiger partial charge in [0.15, 0.2) is 0 Å². The van der Waals surface area contributed by atoms with Crippen LogP contribution in [0.1, 0.15) is 46.5 Å². The van der Waals surface area contributed by atoms with Crippen LogP contribution in [0.4, 0.5) is 0 Å². The Morgan fingerprint density at radius 2 is 1.67 bits per heavy atom. The molecule has 92 valence electrons. The first kappa shape index (κ1) is 14.9. The zero-order valence-electron chi connectivity index (χ0n) is 10.2. The molecule has 0 rings (SSSR count). The van der Waals surface area contributed by atoms with E-state index in [-0.39, 0.29) is 18.4 Å². The predicted octanol–water partition coefficient (Wildman–Crippen LogP) is 1.55. The lowest BCUT2D eigenvalue weighted by Crippen LogP contribution is -2.33. The minimum Gasteiger partial charge on any atom is -0.396 e. The average molecular weight is 218 g/mol. The quantitative estimate of drug-likeness (QED) is 0.542. The van der Waals surface area contributed by atoms with Crippen LogP contribution in [0.15, 0.2) is 0 Å². The van der Waals surface area contributed by atoms with Gasteiger partial charge in [0.25, 0.3) is 0 Å². The second-order valence-corrected chi connectivity index (χ2v) is 4.52. The Hall–Kier alpha value is -0.120. The van der Waals surface area contributed by atoms with Gasteiger partial charge in [-0.15, -0.1) is 0 Å². The van der Waals surface area contributed by atoms with E-state index >= 15 is 0 Å². The second kappa shape index (κ2) is 8.08. The van der Waals surface area contributed by atoms with Gasteiger partial charge in [-0.3, -0.25) is 0 Å². The number of hydrogen-bond donors (Lipinski definition) is 3. The molecule has 3 N–H and O–H groups in total. The molecular formula is C12H26O3. The Bertz CT molecular complexity index is 150. The van der Waals surface area contributed by atoms with Crippen molar-refractivity contribution in [3.63, 3.8) is 0 Å². The van der Waals surface area contributed by atoms with Crippen LogP contribution >= 0.6 is 0 Å². The van der Waals surface area contributed by atoms with Crippen LogP contribution in [0.25, 0.3) is 0 Å². The van der Waals surface area contributed by atoms with Crippen LogP contribution in [-0.2, 0) is 0 Å². The molecule has 0 saturated heterocycles. The van der Waals surface area contributed by atoms with Crippen molar-refractivity contribution >= 4 is 0 Å². The largest absolute Gasteiger partial charge is 0.396 e. The Morgan fingerprint density at radius 3 is 2.13 bits per heavy atom. The lowest BCUT2D eigenvalue weighted by atomic mass is 9.86. The van der Waals surface area contributed by atoms with Crippen molar-refractivity contribution < 1.29 is 15.3 Å². The SMILES string of the molecule is CC[C@@H](C)[C@H](O)[C@H](C)[C@H](O)CCCCO. The molecule has 3 heteroatoms. The number of unbranched alkanes of at least 4 members (excludes halogenated alkanes) is 1. The second-order valence-electron chi connectivity index (χ2n) is 4.52. The van der Waals surface area contributed by atoms with Crippen LogP contribution in [0, 0.1) is 11.8 Å². The van der Waals surface area contributed by atoms with E-state index in [9.17, 15) is 10.2 Å². The highest BCUT2D eigenvalue weighted by atomic mass is 16.3. The van der Waals surface area contributed by atoms with Crippen LogP contribution in [0.5, 0.6) is 0 Å². The minimum atomic E-state index is -0.458. The van der Waals surface area contributed by atoms with E-state index in [4.69, 9.17) is 5.11 Å². The summed E-state index contributed by atoms with van der Waals surface area (Å²) in [6.07, 6.45) is 2.24. The van der Waals surface area contributed by atoms with Crippen molar-refractivity contribution in [1.29, 1.82) is 0 Å². The maximum Gasteiger partial charge on any atom is 0.0615 e. The molecule has 3 nitrogen and oxygen atoms in total. The molecule has 0 aromatic heterocycles. The van der Waals surface area contributed by atoms with Gasteiger partial charge in [0.1, 0.15) is 0 Å². The van der Waals surface area contributed by atoms with Crippen LogP contribution < -0.4 is 0 Å². The topological polar surface area (TPSA) is 60.7 Å². The van der Waals surface area contributed by atoms with Crippen molar-refractivity contribution in [2.45, 2.75) is 58.7 Å². The van der Waals surface area contributed by atoms with E-state index in [2.05, 4.69) is 0 Å². The summed E-state index contributed by atoms with van der Waals surface area (Å²) in [5, 5.41) is 28.3. The number of aliphatic hydroxyl groups is 3. The monoisotopic (exact) mass is 218 g/mol. The van der Waals surface area contributed by atoms with Crippen LogP contribution in [0.2, 0.25) is 0 Å². The predicted molar refractivity (Wildman–Crippen MR) is 61.6 cm³/mol. The van der Waals surface area contributed by atoms with E-state index in [1.54, 1.807) is 0 Å². The average Bonchev–Trinajstić information content (AvgIpc) is 2.26. The molecule has 0 bridgehead atoms. The van der Waals surface area contributed by atoms with Gasteiger partial charge in [-0.25, -0.2) is 0 Å². The molecular weight excluding hydrogens is 192 g/mol. The van der Waals surface area contributed by atoms with Crippen molar-refractivity contribution in [3.05, 3.63) is 0 Å². The van der Waals surface area contributed by atoms with Gasteiger partial charge >= 0.3 is 0 Å². The summed E-state index contributed by atoms with van der Waals surface area (Å²) in [4.78, 5) is 0. The first-order valence-corrected chi connectivity index (χ1v) is 6.01. The summed E-state index contributed by atoms with van der Waals surface area (Å²) in [7, 11) is 0. The van der Waals surface area contributed by atoms with Crippen molar-refractivity contribution in [2.24, 2.45) is 11.8 Å². The van der Waals surface area contributed by atoms with Crippen molar-refractivity contribution in [3.8, 4) is 0 Å². The number of aliphatic hydroxyl groups excluding tert-OH is 3. The molecule has 0 spiro atoms. The highest BCUT2D eigenvalue weighted by molar-refractivity contribution is 4.75. The van der Waals surface area contributed by atoms with Crippen LogP contribution in [-0.4, -0.2) is 34.1 Å². The molecule has 0 aliphatic heterocycles. The van der Waals surface area contributed by atoms with Gasteiger partial charge < -0.3 is 15.3 Å². The van der Waals surface area contributed by atoms with Gasteiger partial charge in [-0.1, -0.05) is 27.2 Å². The molecule has 15 heavy (non-hydrogen) atoms. The fraction of sp³-hybridized carbons (Fsp3) is 1.00. The third kappa shape index (κ3) is 5.50. The van der Waals surface area contributed by atoms with E-state index in [1.807, 2.05) is 20.8 Å².